The Hall–Kier alpha value is -2.04. The molecule has 0 unspecified atom stereocenters. The number of carbonyl (C=O) groups excluding carboxylic acids is 2. The molecule has 6 heteroatoms. The van der Waals surface area contributed by atoms with Crippen molar-refractivity contribution in [2.24, 2.45) is 0 Å². The lowest BCUT2D eigenvalue weighted by molar-refractivity contribution is -0.140. The summed E-state index contributed by atoms with van der Waals surface area (Å²) in [6, 6.07) is 10.7. The van der Waals surface area contributed by atoms with Gasteiger partial charge in [-0.2, -0.15) is 0 Å². The summed E-state index contributed by atoms with van der Waals surface area (Å²) >= 11 is 12.7. The average molecular weight is 449 g/mol. The molecule has 0 aromatic heterocycles. The van der Waals surface area contributed by atoms with Gasteiger partial charge in [0, 0.05) is 28.2 Å². The van der Waals surface area contributed by atoms with E-state index < -0.39 is 6.04 Å². The highest BCUT2D eigenvalue weighted by Gasteiger charge is 2.28. The zero-order valence-corrected chi connectivity index (χ0v) is 19.8. The lowest BCUT2D eigenvalue weighted by Crippen LogP contribution is -2.50. The number of rotatable bonds is 8. The number of carbonyl (C=O) groups is 2. The summed E-state index contributed by atoms with van der Waals surface area (Å²) in [4.78, 5) is 27.7. The van der Waals surface area contributed by atoms with Crippen LogP contribution in [0.3, 0.4) is 0 Å². The molecule has 1 N–H and O–H groups in total. The van der Waals surface area contributed by atoms with E-state index in [-0.39, 0.29) is 30.8 Å². The topological polar surface area (TPSA) is 49.4 Å². The first kappa shape index (κ1) is 24.2. The lowest BCUT2D eigenvalue weighted by Gasteiger charge is -2.30. The van der Waals surface area contributed by atoms with Crippen molar-refractivity contribution >= 4 is 35.0 Å². The summed E-state index contributed by atoms with van der Waals surface area (Å²) in [6.07, 6.45) is 1.01. The van der Waals surface area contributed by atoms with Crippen LogP contribution in [0, 0.1) is 13.8 Å². The molecular weight excluding hydrogens is 419 g/mol. The fourth-order valence-electron chi connectivity index (χ4n) is 3.35. The summed E-state index contributed by atoms with van der Waals surface area (Å²) in [5.41, 5.74) is 3.75. The number of hydrogen-bond donors (Lipinski definition) is 1. The third-order valence-electron chi connectivity index (χ3n) is 5.20. The molecule has 0 bridgehead atoms. The van der Waals surface area contributed by atoms with Crippen LogP contribution in [-0.4, -0.2) is 28.8 Å². The van der Waals surface area contributed by atoms with Crippen LogP contribution in [0.4, 0.5) is 0 Å². The molecule has 2 rings (SSSR count). The van der Waals surface area contributed by atoms with E-state index in [4.69, 9.17) is 23.2 Å². The number of benzene rings is 2. The van der Waals surface area contributed by atoms with E-state index >= 15 is 0 Å². The predicted octanol–water partition coefficient (Wildman–Crippen LogP) is 5.48. The van der Waals surface area contributed by atoms with Crippen molar-refractivity contribution in [3.05, 3.63) is 68.7 Å². The Labute approximate surface area is 189 Å². The fourth-order valence-corrected chi connectivity index (χ4v) is 3.87. The summed E-state index contributed by atoms with van der Waals surface area (Å²) in [6.45, 7) is 9.85. The number of nitrogens with zero attached hydrogens (tertiary/aromatic N) is 1. The maximum atomic E-state index is 13.3. The van der Waals surface area contributed by atoms with Crippen molar-refractivity contribution in [2.75, 3.05) is 0 Å². The molecule has 0 aliphatic rings. The molecule has 2 amide bonds. The predicted molar refractivity (Wildman–Crippen MR) is 124 cm³/mol. The zero-order valence-electron chi connectivity index (χ0n) is 18.3. The van der Waals surface area contributed by atoms with Crippen LogP contribution in [0.25, 0.3) is 0 Å². The van der Waals surface area contributed by atoms with Gasteiger partial charge in [0.05, 0.1) is 6.42 Å². The average Bonchev–Trinajstić information content (AvgIpc) is 2.66. The molecule has 0 radical (unpaired) electrons. The second-order valence-corrected chi connectivity index (χ2v) is 8.70. The van der Waals surface area contributed by atoms with E-state index in [9.17, 15) is 9.59 Å². The van der Waals surface area contributed by atoms with Crippen LogP contribution in [-0.2, 0) is 22.6 Å². The minimum Gasteiger partial charge on any atom is -0.352 e. The molecule has 2 aromatic rings. The molecular formula is C24H30Cl2N2O2. The van der Waals surface area contributed by atoms with Gasteiger partial charge in [0.25, 0.3) is 0 Å². The number of amides is 2. The molecule has 0 spiro atoms. The van der Waals surface area contributed by atoms with Crippen molar-refractivity contribution in [2.45, 2.75) is 66.1 Å². The first-order chi connectivity index (χ1) is 14.1. The van der Waals surface area contributed by atoms with E-state index in [0.29, 0.717) is 15.6 Å². The summed E-state index contributed by atoms with van der Waals surface area (Å²) in [7, 11) is 0. The van der Waals surface area contributed by atoms with Crippen molar-refractivity contribution in [1.82, 2.24) is 10.2 Å². The number of hydrogen-bond acceptors (Lipinski definition) is 2. The summed E-state index contributed by atoms with van der Waals surface area (Å²) in [5.74, 6) is -0.343. The quantitative estimate of drug-likeness (QED) is 0.580. The van der Waals surface area contributed by atoms with Crippen LogP contribution in [0.5, 0.6) is 0 Å². The van der Waals surface area contributed by atoms with Crippen molar-refractivity contribution in [1.29, 1.82) is 0 Å². The smallest absolute Gasteiger partial charge is 0.242 e. The summed E-state index contributed by atoms with van der Waals surface area (Å²) in [5, 5.41) is 3.91. The zero-order chi connectivity index (χ0) is 22.4. The standard InChI is InChI=1S/C24H30Cl2N2O2/c1-6-17(4)27-24(30)18(5)28(14-20-21(25)8-7-9-22(20)26)23(29)13-19-11-15(2)10-16(3)12-19/h7-12,17-18H,6,13-14H2,1-5H3,(H,27,30)/t17-,18-/m1/s1. The Balaban J connectivity index is 2.33. The molecule has 0 aliphatic carbocycles. The van der Waals surface area contributed by atoms with Gasteiger partial charge in [-0.25, -0.2) is 0 Å². The highest BCUT2D eigenvalue weighted by molar-refractivity contribution is 6.36. The molecule has 0 saturated heterocycles. The van der Waals surface area contributed by atoms with Crippen molar-refractivity contribution in [3.63, 3.8) is 0 Å². The highest BCUT2D eigenvalue weighted by atomic mass is 35.5. The molecule has 0 saturated carbocycles. The minimum atomic E-state index is -0.662. The number of aryl methyl sites for hydroxylation is 2. The largest absolute Gasteiger partial charge is 0.352 e. The van der Waals surface area contributed by atoms with Gasteiger partial charge >= 0.3 is 0 Å². The Morgan fingerprint density at radius 1 is 1.03 bits per heavy atom. The summed E-state index contributed by atoms with van der Waals surface area (Å²) < 4.78 is 0. The van der Waals surface area contributed by atoms with Crippen LogP contribution >= 0.6 is 23.2 Å². The molecule has 0 aliphatic heterocycles. The normalized spacial score (nSPS) is 12.9. The SMILES string of the molecule is CC[C@@H](C)NC(=O)[C@@H](C)N(Cc1c(Cl)cccc1Cl)C(=O)Cc1cc(C)cc(C)c1. The van der Waals surface area contributed by atoms with Gasteiger partial charge in [0.2, 0.25) is 11.8 Å². The van der Waals surface area contributed by atoms with Gasteiger partial charge in [0.15, 0.2) is 0 Å². The maximum absolute atomic E-state index is 13.3. The van der Waals surface area contributed by atoms with Gasteiger partial charge in [-0.1, -0.05) is 65.5 Å². The molecule has 0 heterocycles. The van der Waals surface area contributed by atoms with Gasteiger partial charge in [-0.15, -0.1) is 0 Å². The van der Waals surface area contributed by atoms with E-state index in [0.717, 1.165) is 23.1 Å². The fraction of sp³-hybridized carbons (Fsp3) is 0.417. The van der Waals surface area contributed by atoms with E-state index in [1.54, 1.807) is 30.0 Å². The number of halogens is 2. The molecule has 4 nitrogen and oxygen atoms in total. The van der Waals surface area contributed by atoms with Crippen molar-refractivity contribution in [3.8, 4) is 0 Å². The van der Waals surface area contributed by atoms with Gasteiger partial charge in [-0.3, -0.25) is 9.59 Å². The van der Waals surface area contributed by atoms with Crippen LogP contribution in [0.15, 0.2) is 36.4 Å². The third-order valence-corrected chi connectivity index (χ3v) is 5.90. The highest BCUT2D eigenvalue weighted by Crippen LogP contribution is 2.27. The van der Waals surface area contributed by atoms with Crippen LogP contribution in [0.1, 0.15) is 49.4 Å². The van der Waals surface area contributed by atoms with Gasteiger partial charge < -0.3 is 10.2 Å². The van der Waals surface area contributed by atoms with Gasteiger partial charge in [-0.05, 0) is 51.8 Å². The Bertz CT molecular complexity index is 874. The van der Waals surface area contributed by atoms with Crippen LogP contribution < -0.4 is 5.32 Å². The Morgan fingerprint density at radius 2 is 1.60 bits per heavy atom. The molecule has 162 valence electrons. The van der Waals surface area contributed by atoms with Crippen LogP contribution in [0.2, 0.25) is 10.0 Å². The minimum absolute atomic E-state index is 0.0280. The van der Waals surface area contributed by atoms with Gasteiger partial charge in [0.1, 0.15) is 6.04 Å². The molecule has 0 fully saturated rings. The van der Waals surface area contributed by atoms with E-state index in [1.165, 1.54) is 0 Å². The lowest BCUT2D eigenvalue weighted by atomic mass is 10.0. The second kappa shape index (κ2) is 10.8. The third kappa shape index (κ3) is 6.48. The molecule has 2 aromatic carbocycles. The first-order valence-electron chi connectivity index (χ1n) is 10.2. The Morgan fingerprint density at radius 3 is 2.13 bits per heavy atom. The first-order valence-corrected chi connectivity index (χ1v) is 11.0. The van der Waals surface area contributed by atoms with E-state index in [2.05, 4.69) is 11.4 Å². The van der Waals surface area contributed by atoms with E-state index in [1.807, 2.05) is 39.8 Å². The number of nitrogens with one attached hydrogen (secondary N) is 1. The molecule has 2 atom stereocenters. The Kier molecular flexibility index (Phi) is 8.75. The molecule has 30 heavy (non-hydrogen) atoms. The second-order valence-electron chi connectivity index (χ2n) is 7.89. The monoisotopic (exact) mass is 448 g/mol. The van der Waals surface area contributed by atoms with Crippen molar-refractivity contribution < 1.29 is 9.59 Å². The maximum Gasteiger partial charge on any atom is 0.242 e.